The number of tetrazole rings is 1. The van der Waals surface area contributed by atoms with E-state index in [0.29, 0.717) is 18.7 Å². The Hall–Kier alpha value is -1.01. The van der Waals surface area contributed by atoms with Crippen molar-refractivity contribution in [3.05, 3.63) is 5.82 Å². The first-order valence-electron chi connectivity index (χ1n) is 5.09. The van der Waals surface area contributed by atoms with Gasteiger partial charge in [0.2, 0.25) is 0 Å². The second kappa shape index (κ2) is 2.99. The van der Waals surface area contributed by atoms with Gasteiger partial charge in [-0.05, 0) is 38.8 Å². The highest BCUT2D eigenvalue weighted by atomic mass is 16.3. The average Bonchev–Trinajstić information content (AvgIpc) is 2.47. The molecule has 0 radical (unpaired) electrons. The first-order valence-corrected chi connectivity index (χ1v) is 5.09. The van der Waals surface area contributed by atoms with Gasteiger partial charge in [-0.1, -0.05) is 0 Å². The van der Waals surface area contributed by atoms with Crippen LogP contribution in [0.2, 0.25) is 0 Å². The highest BCUT2D eigenvalue weighted by molar-refractivity contribution is 5.10. The van der Waals surface area contributed by atoms with E-state index in [1.807, 2.05) is 20.8 Å². The van der Waals surface area contributed by atoms with E-state index in [0.717, 1.165) is 0 Å². The van der Waals surface area contributed by atoms with Crippen molar-refractivity contribution in [1.82, 2.24) is 20.2 Å². The highest BCUT2D eigenvalue weighted by Gasteiger charge is 2.45. The van der Waals surface area contributed by atoms with Crippen LogP contribution in [0.1, 0.15) is 39.4 Å². The molecule has 84 valence electrons. The molecule has 1 aromatic heterocycles. The standard InChI is InChI=1S/C9H17N5O/c1-8(2,3)14-12-7(11-13-14)9(10)4-6(15)5-9/h6,15H,4-5,10H2,1-3H3. The van der Waals surface area contributed by atoms with Crippen molar-refractivity contribution in [2.75, 3.05) is 0 Å². The van der Waals surface area contributed by atoms with Gasteiger partial charge in [0.25, 0.3) is 0 Å². The lowest BCUT2D eigenvalue weighted by molar-refractivity contribution is 0.0162. The third-order valence-electron chi connectivity index (χ3n) is 2.66. The van der Waals surface area contributed by atoms with Crippen LogP contribution >= 0.6 is 0 Å². The molecule has 0 aliphatic heterocycles. The van der Waals surface area contributed by atoms with Gasteiger partial charge in [0.05, 0.1) is 17.2 Å². The second-order valence-electron chi connectivity index (χ2n) is 5.29. The molecule has 6 nitrogen and oxygen atoms in total. The molecule has 1 saturated carbocycles. The fraction of sp³-hybridized carbons (Fsp3) is 0.889. The second-order valence-corrected chi connectivity index (χ2v) is 5.29. The Kier molecular flexibility index (Phi) is 2.09. The third-order valence-corrected chi connectivity index (χ3v) is 2.66. The molecule has 0 spiro atoms. The first kappa shape index (κ1) is 10.5. The van der Waals surface area contributed by atoms with Crippen molar-refractivity contribution in [2.45, 2.75) is 50.8 Å². The summed E-state index contributed by atoms with van der Waals surface area (Å²) in [6.07, 6.45) is 0.711. The summed E-state index contributed by atoms with van der Waals surface area (Å²) in [5, 5.41) is 21.4. The Morgan fingerprint density at radius 2 is 2.07 bits per heavy atom. The number of hydrogen-bond acceptors (Lipinski definition) is 5. The maximum Gasteiger partial charge on any atom is 0.194 e. The zero-order valence-corrected chi connectivity index (χ0v) is 9.30. The molecule has 1 heterocycles. The van der Waals surface area contributed by atoms with Crippen LogP contribution in [-0.4, -0.2) is 31.4 Å². The van der Waals surface area contributed by atoms with Gasteiger partial charge in [-0.3, -0.25) is 0 Å². The van der Waals surface area contributed by atoms with Crippen molar-refractivity contribution in [3.63, 3.8) is 0 Å². The molecule has 15 heavy (non-hydrogen) atoms. The summed E-state index contributed by atoms with van der Waals surface area (Å²) in [5.41, 5.74) is 5.26. The Labute approximate surface area is 88.5 Å². The minimum Gasteiger partial charge on any atom is -0.393 e. The van der Waals surface area contributed by atoms with Crippen LogP contribution in [0.5, 0.6) is 0 Å². The summed E-state index contributed by atoms with van der Waals surface area (Å²) in [6, 6.07) is 0. The van der Waals surface area contributed by atoms with Crippen molar-refractivity contribution in [3.8, 4) is 0 Å². The Morgan fingerprint density at radius 3 is 2.47 bits per heavy atom. The molecule has 0 unspecified atom stereocenters. The summed E-state index contributed by atoms with van der Waals surface area (Å²) in [5.74, 6) is 0.530. The van der Waals surface area contributed by atoms with E-state index in [4.69, 9.17) is 5.73 Å². The summed E-state index contributed by atoms with van der Waals surface area (Å²) >= 11 is 0. The molecule has 0 atom stereocenters. The minimum atomic E-state index is -0.580. The molecule has 3 N–H and O–H groups in total. The lowest BCUT2D eigenvalue weighted by atomic mass is 9.75. The number of aromatic nitrogens is 4. The van der Waals surface area contributed by atoms with Crippen molar-refractivity contribution in [2.24, 2.45) is 5.73 Å². The van der Waals surface area contributed by atoms with Crippen molar-refractivity contribution in [1.29, 1.82) is 0 Å². The van der Waals surface area contributed by atoms with Gasteiger partial charge in [0.15, 0.2) is 5.82 Å². The topological polar surface area (TPSA) is 89.9 Å². The van der Waals surface area contributed by atoms with Crippen LogP contribution in [0, 0.1) is 0 Å². The van der Waals surface area contributed by atoms with Gasteiger partial charge in [-0.2, -0.15) is 4.80 Å². The molecule has 1 aliphatic rings. The monoisotopic (exact) mass is 211 g/mol. The van der Waals surface area contributed by atoms with E-state index in [1.54, 1.807) is 4.80 Å². The van der Waals surface area contributed by atoms with E-state index in [2.05, 4.69) is 15.4 Å². The molecule has 1 aliphatic carbocycles. The fourth-order valence-corrected chi connectivity index (χ4v) is 1.66. The summed E-state index contributed by atoms with van der Waals surface area (Å²) in [7, 11) is 0. The van der Waals surface area contributed by atoms with Gasteiger partial charge < -0.3 is 10.8 Å². The molecule has 0 aromatic carbocycles. The Balaban J connectivity index is 2.21. The zero-order chi connectivity index (χ0) is 11.3. The molecule has 0 bridgehead atoms. The van der Waals surface area contributed by atoms with Crippen LogP contribution in [0.4, 0.5) is 0 Å². The molecule has 1 aromatic rings. The smallest absolute Gasteiger partial charge is 0.194 e. The van der Waals surface area contributed by atoms with Crippen LogP contribution in [0.15, 0.2) is 0 Å². The number of aliphatic hydroxyl groups excluding tert-OH is 1. The van der Waals surface area contributed by atoms with Crippen LogP contribution in [0.25, 0.3) is 0 Å². The van der Waals surface area contributed by atoms with E-state index in [1.165, 1.54) is 0 Å². The lowest BCUT2D eigenvalue weighted by Gasteiger charge is -2.39. The lowest BCUT2D eigenvalue weighted by Crippen LogP contribution is -2.52. The highest BCUT2D eigenvalue weighted by Crippen LogP contribution is 2.36. The quantitative estimate of drug-likeness (QED) is 0.667. The Bertz CT molecular complexity index is 361. The van der Waals surface area contributed by atoms with Gasteiger partial charge in [-0.25, -0.2) is 0 Å². The largest absolute Gasteiger partial charge is 0.393 e. The predicted molar refractivity (Wildman–Crippen MR) is 53.9 cm³/mol. The third kappa shape index (κ3) is 1.74. The number of nitrogens with two attached hydrogens (primary N) is 1. The van der Waals surface area contributed by atoms with E-state index in [9.17, 15) is 5.11 Å². The maximum atomic E-state index is 9.25. The first-order chi connectivity index (χ1) is 6.81. The molecule has 2 rings (SSSR count). The number of rotatable bonds is 1. The molecule has 6 heteroatoms. The fourth-order valence-electron chi connectivity index (χ4n) is 1.66. The SMILES string of the molecule is CC(C)(C)n1nnc(C2(N)CC(O)C2)n1. The number of nitrogens with zero attached hydrogens (tertiary/aromatic N) is 4. The van der Waals surface area contributed by atoms with Crippen molar-refractivity contribution < 1.29 is 5.11 Å². The van der Waals surface area contributed by atoms with E-state index < -0.39 is 5.54 Å². The van der Waals surface area contributed by atoms with Crippen LogP contribution in [0.3, 0.4) is 0 Å². The maximum absolute atomic E-state index is 9.25. The van der Waals surface area contributed by atoms with Gasteiger partial charge in [0.1, 0.15) is 0 Å². The van der Waals surface area contributed by atoms with Gasteiger partial charge in [-0.15, -0.1) is 10.2 Å². The summed E-state index contributed by atoms with van der Waals surface area (Å²) in [4.78, 5) is 1.56. The van der Waals surface area contributed by atoms with Gasteiger partial charge >= 0.3 is 0 Å². The van der Waals surface area contributed by atoms with Crippen molar-refractivity contribution >= 4 is 0 Å². The summed E-state index contributed by atoms with van der Waals surface area (Å²) < 4.78 is 0. The predicted octanol–water partition coefficient (Wildman–Crippen LogP) is -0.263. The average molecular weight is 211 g/mol. The summed E-state index contributed by atoms with van der Waals surface area (Å²) in [6.45, 7) is 5.99. The molecule has 1 fully saturated rings. The van der Waals surface area contributed by atoms with Crippen LogP contribution in [-0.2, 0) is 11.1 Å². The Morgan fingerprint density at radius 1 is 1.47 bits per heavy atom. The minimum absolute atomic E-state index is 0.191. The number of hydrogen-bond donors (Lipinski definition) is 2. The normalized spacial score (nSPS) is 31.4. The van der Waals surface area contributed by atoms with Crippen LogP contribution < -0.4 is 5.73 Å². The molecular formula is C9H17N5O. The zero-order valence-electron chi connectivity index (χ0n) is 9.30. The molecular weight excluding hydrogens is 194 g/mol. The number of aliphatic hydroxyl groups is 1. The molecule has 0 amide bonds. The molecule has 0 saturated heterocycles. The van der Waals surface area contributed by atoms with Gasteiger partial charge in [0, 0.05) is 0 Å². The van der Waals surface area contributed by atoms with E-state index in [-0.39, 0.29) is 11.6 Å². The van der Waals surface area contributed by atoms with E-state index >= 15 is 0 Å².